The van der Waals surface area contributed by atoms with Crippen LogP contribution in [0.25, 0.3) is 22.2 Å². The molecule has 0 spiro atoms. The van der Waals surface area contributed by atoms with E-state index in [4.69, 9.17) is 4.52 Å². The van der Waals surface area contributed by atoms with Crippen LogP contribution >= 0.6 is 0 Å². The largest absolute Gasteiger partial charge is 0.382 e. The molecular weight excluding hydrogens is 508 g/mol. The zero-order chi connectivity index (χ0) is 27.1. The van der Waals surface area contributed by atoms with E-state index in [2.05, 4.69) is 31.0 Å². The molecule has 4 heterocycles. The second-order valence-corrected chi connectivity index (χ2v) is 12.5. The van der Waals surface area contributed by atoms with E-state index in [1.165, 1.54) is 6.07 Å². The van der Waals surface area contributed by atoms with Gasteiger partial charge in [0.15, 0.2) is 22.9 Å². The zero-order valence-corrected chi connectivity index (χ0v) is 22.2. The maximum atomic E-state index is 12.6. The van der Waals surface area contributed by atoms with Gasteiger partial charge in [-0.15, -0.1) is 0 Å². The van der Waals surface area contributed by atoms with Crippen LogP contribution in [-0.2, 0) is 15.4 Å². The van der Waals surface area contributed by atoms with Crippen LogP contribution in [0.2, 0.25) is 0 Å². The van der Waals surface area contributed by atoms with Gasteiger partial charge < -0.3 is 20.3 Å². The molecule has 1 aliphatic heterocycles. The Morgan fingerprint density at radius 3 is 2.55 bits per heavy atom. The Labute approximate surface area is 219 Å². The van der Waals surface area contributed by atoms with Crippen LogP contribution in [0, 0.1) is 0 Å². The summed E-state index contributed by atoms with van der Waals surface area (Å²) in [7, 11) is -2.95. The van der Waals surface area contributed by atoms with Gasteiger partial charge in [0.05, 0.1) is 22.9 Å². The molecule has 12 heteroatoms. The van der Waals surface area contributed by atoms with Gasteiger partial charge in [0.1, 0.15) is 15.4 Å². The second-order valence-electron chi connectivity index (χ2n) is 10.2. The Balaban J connectivity index is 1.32. The molecule has 3 aromatic heterocycles. The van der Waals surface area contributed by atoms with Gasteiger partial charge in [-0.25, -0.2) is 13.4 Å². The Morgan fingerprint density at radius 1 is 1.18 bits per heavy atom. The molecule has 0 radical (unpaired) electrons. The first kappa shape index (κ1) is 25.9. The first-order chi connectivity index (χ1) is 18.0. The molecule has 1 aromatic carbocycles. The quantitative estimate of drug-likeness (QED) is 0.276. The number of aromatic amines is 1. The average molecular weight is 539 g/mol. The van der Waals surface area contributed by atoms with Gasteiger partial charge in [0.25, 0.3) is 5.91 Å². The molecule has 11 nitrogen and oxygen atoms in total. The molecule has 4 N–H and O–H groups in total. The number of pyridine rings is 1. The summed E-state index contributed by atoms with van der Waals surface area (Å²) in [6.45, 7) is 4.99. The van der Waals surface area contributed by atoms with E-state index in [1.54, 1.807) is 20.0 Å². The molecule has 5 rings (SSSR count). The third kappa shape index (κ3) is 5.41. The van der Waals surface area contributed by atoms with Crippen LogP contribution in [0.4, 0.5) is 5.82 Å². The molecule has 1 unspecified atom stereocenters. The molecule has 1 amide bonds. The zero-order valence-electron chi connectivity index (χ0n) is 21.4. The van der Waals surface area contributed by atoms with Crippen molar-refractivity contribution in [1.29, 1.82) is 0 Å². The number of sulfone groups is 1. The maximum Gasteiger partial charge on any atom is 0.273 e. The highest BCUT2D eigenvalue weighted by molar-refractivity contribution is 7.91. The van der Waals surface area contributed by atoms with Gasteiger partial charge in [0.2, 0.25) is 0 Å². The predicted molar refractivity (Wildman–Crippen MR) is 142 cm³/mol. The number of fused-ring (bicyclic) bond motifs is 1. The van der Waals surface area contributed by atoms with E-state index >= 15 is 0 Å². The van der Waals surface area contributed by atoms with Crippen molar-refractivity contribution >= 4 is 32.6 Å². The van der Waals surface area contributed by atoms with E-state index in [0.717, 1.165) is 22.1 Å². The van der Waals surface area contributed by atoms with Gasteiger partial charge in [0, 0.05) is 18.3 Å². The summed E-state index contributed by atoms with van der Waals surface area (Å²) in [5, 5.41) is 28.3. The second kappa shape index (κ2) is 9.84. The van der Waals surface area contributed by atoms with Gasteiger partial charge in [-0.1, -0.05) is 29.4 Å². The van der Waals surface area contributed by atoms with Gasteiger partial charge >= 0.3 is 0 Å². The summed E-state index contributed by atoms with van der Waals surface area (Å²) in [6, 6.07) is 10.9. The third-order valence-electron chi connectivity index (χ3n) is 6.77. The van der Waals surface area contributed by atoms with Crippen molar-refractivity contribution in [2.45, 2.75) is 51.3 Å². The van der Waals surface area contributed by atoms with Crippen molar-refractivity contribution in [3.05, 3.63) is 59.6 Å². The fourth-order valence-electron chi connectivity index (χ4n) is 4.50. The SMILES string of the molecule is CC(NC(=O)c1cc(C(C)(C)O)on1)c1ccc(-c2ccnc3[nH]nc(NC4CCS(=O)(=O)CC4)c23)cc1. The number of rotatable bonds is 7. The fourth-order valence-corrected chi connectivity index (χ4v) is 5.99. The molecule has 38 heavy (non-hydrogen) atoms. The molecule has 0 aliphatic carbocycles. The molecule has 0 saturated carbocycles. The Hall–Kier alpha value is -3.77. The molecule has 1 aliphatic rings. The number of benzene rings is 1. The lowest BCUT2D eigenvalue weighted by atomic mass is 9.99. The molecule has 200 valence electrons. The summed E-state index contributed by atoms with van der Waals surface area (Å²) in [4.78, 5) is 17.0. The first-order valence-electron chi connectivity index (χ1n) is 12.4. The lowest BCUT2D eigenvalue weighted by Crippen LogP contribution is -2.32. The van der Waals surface area contributed by atoms with Crippen molar-refractivity contribution in [1.82, 2.24) is 25.7 Å². The summed E-state index contributed by atoms with van der Waals surface area (Å²) >= 11 is 0. The highest BCUT2D eigenvalue weighted by Crippen LogP contribution is 2.33. The normalized spacial score (nSPS) is 16.8. The number of hydrogen-bond donors (Lipinski definition) is 4. The predicted octanol–water partition coefficient (Wildman–Crippen LogP) is 3.32. The first-order valence-corrected chi connectivity index (χ1v) is 14.2. The molecule has 1 fully saturated rings. The highest BCUT2D eigenvalue weighted by atomic mass is 32.2. The van der Waals surface area contributed by atoms with Crippen molar-refractivity contribution in [2.75, 3.05) is 16.8 Å². The topological polar surface area (TPSA) is 163 Å². The number of nitrogens with one attached hydrogen (secondary N) is 3. The lowest BCUT2D eigenvalue weighted by Gasteiger charge is -2.23. The number of nitrogens with zero attached hydrogens (tertiary/aromatic N) is 3. The average Bonchev–Trinajstić information content (AvgIpc) is 3.53. The van der Waals surface area contributed by atoms with E-state index < -0.39 is 21.3 Å². The summed E-state index contributed by atoms with van der Waals surface area (Å²) in [5.74, 6) is 0.804. The van der Waals surface area contributed by atoms with Crippen LogP contribution in [0.3, 0.4) is 0 Å². The number of H-pyrrole nitrogens is 1. The van der Waals surface area contributed by atoms with Crippen molar-refractivity contribution in [2.24, 2.45) is 0 Å². The van der Waals surface area contributed by atoms with E-state index in [1.807, 2.05) is 37.3 Å². The van der Waals surface area contributed by atoms with Crippen LogP contribution in [-0.4, -0.2) is 57.3 Å². The molecule has 0 bridgehead atoms. The number of carbonyl (C=O) groups is 1. The molecule has 4 aromatic rings. The van der Waals surface area contributed by atoms with Gasteiger partial charge in [-0.3, -0.25) is 9.89 Å². The Morgan fingerprint density at radius 2 is 1.89 bits per heavy atom. The number of anilines is 1. The van der Waals surface area contributed by atoms with Crippen LogP contribution in [0.15, 0.2) is 47.1 Å². The Bertz CT molecular complexity index is 1560. The van der Waals surface area contributed by atoms with Crippen molar-refractivity contribution < 1.29 is 22.8 Å². The Kier molecular flexibility index (Phi) is 6.70. The minimum atomic E-state index is -2.95. The number of carbonyl (C=O) groups excluding carboxylic acids is 1. The third-order valence-corrected chi connectivity index (χ3v) is 8.49. The monoisotopic (exact) mass is 538 g/mol. The number of amides is 1. The van der Waals surface area contributed by atoms with Gasteiger partial charge in [-0.05, 0) is 56.4 Å². The van der Waals surface area contributed by atoms with Crippen molar-refractivity contribution in [3.63, 3.8) is 0 Å². The van der Waals surface area contributed by atoms with E-state index in [9.17, 15) is 18.3 Å². The smallest absolute Gasteiger partial charge is 0.273 e. The summed E-state index contributed by atoms with van der Waals surface area (Å²) < 4.78 is 28.7. The van der Waals surface area contributed by atoms with Gasteiger partial charge in [-0.2, -0.15) is 5.10 Å². The van der Waals surface area contributed by atoms with Crippen LogP contribution < -0.4 is 10.6 Å². The fraction of sp³-hybridized carbons (Fsp3) is 0.385. The summed E-state index contributed by atoms with van der Waals surface area (Å²) in [5.41, 5.74) is 2.28. The number of hydrogen-bond acceptors (Lipinski definition) is 9. The summed E-state index contributed by atoms with van der Waals surface area (Å²) in [6.07, 6.45) is 2.79. The van der Waals surface area contributed by atoms with Crippen LogP contribution in [0.1, 0.15) is 61.5 Å². The standard InChI is InChI=1S/C26H30N6O5S/c1-15(28-25(33)20-14-21(37-32-20)26(2,3)34)16-4-6-17(7-5-16)19-8-11-27-23-22(19)24(31-30-23)29-18-9-12-38(35,36)13-10-18/h4-8,11,14-15,18,34H,9-10,12-13H2,1-3H3,(H,28,33)(H2,27,29,30,31). The van der Waals surface area contributed by atoms with E-state index in [0.29, 0.717) is 24.3 Å². The molecular formula is C26H30N6O5S. The number of aromatic nitrogens is 4. The number of aliphatic hydroxyl groups is 1. The molecule has 1 atom stereocenters. The highest BCUT2D eigenvalue weighted by Gasteiger charge is 2.26. The minimum absolute atomic E-state index is 0.0224. The van der Waals surface area contributed by atoms with E-state index in [-0.39, 0.29) is 35.0 Å². The lowest BCUT2D eigenvalue weighted by molar-refractivity contribution is 0.0474. The maximum absolute atomic E-state index is 12.6. The molecule has 1 saturated heterocycles. The van der Waals surface area contributed by atoms with Crippen LogP contribution in [0.5, 0.6) is 0 Å². The van der Waals surface area contributed by atoms with Crippen molar-refractivity contribution in [3.8, 4) is 11.1 Å². The minimum Gasteiger partial charge on any atom is -0.382 e.